The number of pyridine rings is 2. The first-order chi connectivity index (χ1) is 9.72. The molecule has 100 valence electrons. The predicted octanol–water partition coefficient (Wildman–Crippen LogP) is 4.14. The maximum atomic E-state index is 13.5. The average molecular weight is 332 g/mol. The SMILES string of the molecule is Fc1cccnc1CNc1ccc2cc(Br)ccc2n1. The summed E-state index contributed by atoms with van der Waals surface area (Å²) >= 11 is 3.43. The number of hydrogen-bond acceptors (Lipinski definition) is 3. The highest BCUT2D eigenvalue weighted by Gasteiger charge is 2.03. The average Bonchev–Trinajstić information content (AvgIpc) is 2.46. The lowest BCUT2D eigenvalue weighted by Gasteiger charge is -2.07. The van der Waals surface area contributed by atoms with Gasteiger partial charge in [-0.25, -0.2) is 9.37 Å². The molecule has 3 rings (SSSR count). The van der Waals surface area contributed by atoms with Crippen LogP contribution in [0.5, 0.6) is 0 Å². The zero-order valence-electron chi connectivity index (χ0n) is 10.5. The third-order valence-electron chi connectivity index (χ3n) is 2.92. The Morgan fingerprint density at radius 2 is 2.05 bits per heavy atom. The fourth-order valence-corrected chi connectivity index (χ4v) is 2.30. The molecule has 0 atom stereocenters. The summed E-state index contributed by atoms with van der Waals surface area (Å²) in [6, 6.07) is 12.7. The lowest BCUT2D eigenvalue weighted by atomic mass is 10.2. The number of rotatable bonds is 3. The van der Waals surface area contributed by atoms with Gasteiger partial charge in [0, 0.05) is 16.1 Å². The second kappa shape index (κ2) is 5.54. The summed E-state index contributed by atoms with van der Waals surface area (Å²) in [7, 11) is 0. The molecule has 5 heteroatoms. The van der Waals surface area contributed by atoms with Gasteiger partial charge in [0.15, 0.2) is 0 Å². The molecule has 3 aromatic rings. The molecule has 3 nitrogen and oxygen atoms in total. The summed E-state index contributed by atoms with van der Waals surface area (Å²) in [5.74, 6) is 0.384. The Balaban J connectivity index is 1.81. The van der Waals surface area contributed by atoms with Gasteiger partial charge in [0.2, 0.25) is 0 Å². The van der Waals surface area contributed by atoms with Crippen LogP contribution in [-0.4, -0.2) is 9.97 Å². The number of aromatic nitrogens is 2. The number of nitrogens with one attached hydrogen (secondary N) is 1. The first-order valence-corrected chi connectivity index (χ1v) is 6.91. The predicted molar refractivity (Wildman–Crippen MR) is 81.0 cm³/mol. The van der Waals surface area contributed by atoms with E-state index in [-0.39, 0.29) is 5.82 Å². The van der Waals surface area contributed by atoms with Crippen LogP contribution in [0.2, 0.25) is 0 Å². The second-order valence-electron chi connectivity index (χ2n) is 4.32. The molecule has 0 saturated carbocycles. The molecular formula is C15H11BrFN3. The van der Waals surface area contributed by atoms with E-state index in [9.17, 15) is 4.39 Å². The highest BCUT2D eigenvalue weighted by atomic mass is 79.9. The smallest absolute Gasteiger partial charge is 0.146 e. The topological polar surface area (TPSA) is 37.8 Å². The Morgan fingerprint density at radius 3 is 2.90 bits per heavy atom. The van der Waals surface area contributed by atoms with Crippen molar-refractivity contribution >= 4 is 32.7 Å². The Labute approximate surface area is 124 Å². The number of fused-ring (bicyclic) bond motifs is 1. The largest absolute Gasteiger partial charge is 0.364 e. The van der Waals surface area contributed by atoms with E-state index < -0.39 is 0 Å². The number of halogens is 2. The van der Waals surface area contributed by atoms with E-state index in [0.717, 1.165) is 15.4 Å². The molecule has 0 unspecified atom stereocenters. The second-order valence-corrected chi connectivity index (χ2v) is 5.23. The summed E-state index contributed by atoms with van der Waals surface area (Å²) in [5.41, 5.74) is 1.27. The zero-order chi connectivity index (χ0) is 13.9. The van der Waals surface area contributed by atoms with Crippen molar-refractivity contribution in [3.8, 4) is 0 Å². The van der Waals surface area contributed by atoms with Crippen LogP contribution in [0.3, 0.4) is 0 Å². The van der Waals surface area contributed by atoms with Crippen LogP contribution in [0.15, 0.2) is 53.1 Å². The maximum Gasteiger partial charge on any atom is 0.146 e. The highest BCUT2D eigenvalue weighted by molar-refractivity contribution is 9.10. The van der Waals surface area contributed by atoms with E-state index in [1.54, 1.807) is 12.3 Å². The molecule has 0 spiro atoms. The van der Waals surface area contributed by atoms with Gasteiger partial charge in [0.1, 0.15) is 11.6 Å². The van der Waals surface area contributed by atoms with E-state index in [2.05, 4.69) is 31.2 Å². The van der Waals surface area contributed by atoms with Gasteiger partial charge in [0.25, 0.3) is 0 Å². The Bertz CT molecular complexity index is 761. The number of hydrogen-bond donors (Lipinski definition) is 1. The lowest BCUT2D eigenvalue weighted by Crippen LogP contribution is -2.05. The molecule has 2 heterocycles. The normalized spacial score (nSPS) is 10.7. The Morgan fingerprint density at radius 1 is 1.15 bits per heavy atom. The zero-order valence-corrected chi connectivity index (χ0v) is 12.1. The molecule has 0 aliphatic heterocycles. The maximum absolute atomic E-state index is 13.5. The van der Waals surface area contributed by atoms with Gasteiger partial charge in [0.05, 0.1) is 17.8 Å². The molecular weight excluding hydrogens is 321 g/mol. The van der Waals surface area contributed by atoms with Gasteiger partial charge in [-0.3, -0.25) is 4.98 Å². The van der Waals surface area contributed by atoms with E-state index in [1.165, 1.54) is 6.07 Å². The number of nitrogens with zero attached hydrogens (tertiary/aromatic N) is 2. The third kappa shape index (κ3) is 2.77. The van der Waals surface area contributed by atoms with Crippen molar-refractivity contribution in [3.05, 3.63) is 64.6 Å². The van der Waals surface area contributed by atoms with Crippen molar-refractivity contribution in [2.75, 3.05) is 5.32 Å². The molecule has 0 aliphatic carbocycles. The molecule has 0 saturated heterocycles. The van der Waals surface area contributed by atoms with Crippen LogP contribution < -0.4 is 5.32 Å². The van der Waals surface area contributed by atoms with Gasteiger partial charge in [-0.1, -0.05) is 15.9 Å². The quantitative estimate of drug-likeness (QED) is 0.783. The minimum absolute atomic E-state index is 0.307. The molecule has 0 radical (unpaired) electrons. The summed E-state index contributed by atoms with van der Waals surface area (Å²) in [6.45, 7) is 0.307. The van der Waals surface area contributed by atoms with Gasteiger partial charge >= 0.3 is 0 Å². The summed E-state index contributed by atoms with van der Waals surface area (Å²) in [4.78, 5) is 8.47. The molecule has 20 heavy (non-hydrogen) atoms. The van der Waals surface area contributed by atoms with E-state index in [0.29, 0.717) is 18.1 Å². The number of benzene rings is 1. The van der Waals surface area contributed by atoms with Crippen molar-refractivity contribution in [1.82, 2.24) is 9.97 Å². The summed E-state index contributed by atoms with van der Waals surface area (Å²) in [6.07, 6.45) is 1.57. The fraction of sp³-hybridized carbons (Fsp3) is 0.0667. The third-order valence-corrected chi connectivity index (χ3v) is 3.42. The van der Waals surface area contributed by atoms with Gasteiger partial charge in [-0.05, 0) is 42.5 Å². The van der Waals surface area contributed by atoms with Crippen molar-refractivity contribution in [1.29, 1.82) is 0 Å². The first-order valence-electron chi connectivity index (χ1n) is 6.12. The summed E-state index contributed by atoms with van der Waals surface area (Å²) in [5, 5.41) is 4.13. The Kier molecular flexibility index (Phi) is 3.60. The molecule has 2 aromatic heterocycles. The monoisotopic (exact) mass is 331 g/mol. The van der Waals surface area contributed by atoms with Gasteiger partial charge < -0.3 is 5.32 Å². The van der Waals surface area contributed by atoms with Crippen molar-refractivity contribution in [3.63, 3.8) is 0 Å². The fourth-order valence-electron chi connectivity index (χ4n) is 1.92. The van der Waals surface area contributed by atoms with Crippen LogP contribution in [0.4, 0.5) is 10.2 Å². The van der Waals surface area contributed by atoms with Crippen LogP contribution in [0.25, 0.3) is 10.9 Å². The van der Waals surface area contributed by atoms with Crippen LogP contribution in [0, 0.1) is 5.82 Å². The minimum Gasteiger partial charge on any atom is -0.364 e. The highest BCUT2D eigenvalue weighted by Crippen LogP contribution is 2.20. The minimum atomic E-state index is -0.315. The van der Waals surface area contributed by atoms with Crippen molar-refractivity contribution < 1.29 is 4.39 Å². The van der Waals surface area contributed by atoms with E-state index in [4.69, 9.17) is 0 Å². The molecule has 0 aliphatic rings. The van der Waals surface area contributed by atoms with Crippen molar-refractivity contribution in [2.45, 2.75) is 6.54 Å². The molecule has 0 fully saturated rings. The lowest BCUT2D eigenvalue weighted by molar-refractivity contribution is 0.602. The van der Waals surface area contributed by atoms with Crippen LogP contribution in [-0.2, 0) is 6.54 Å². The number of anilines is 1. The Hall–Kier alpha value is -2.01. The summed E-state index contributed by atoms with van der Waals surface area (Å²) < 4.78 is 14.5. The van der Waals surface area contributed by atoms with Crippen LogP contribution in [0.1, 0.15) is 5.69 Å². The molecule has 1 aromatic carbocycles. The molecule has 0 amide bonds. The molecule has 0 bridgehead atoms. The van der Waals surface area contributed by atoms with E-state index in [1.807, 2.05) is 30.3 Å². The van der Waals surface area contributed by atoms with Gasteiger partial charge in [-0.2, -0.15) is 0 Å². The molecule has 1 N–H and O–H groups in total. The van der Waals surface area contributed by atoms with Gasteiger partial charge in [-0.15, -0.1) is 0 Å². The first kappa shape index (κ1) is 13.0. The van der Waals surface area contributed by atoms with Crippen LogP contribution >= 0.6 is 15.9 Å². The standard InChI is InChI=1S/C15H11BrFN3/c16-11-4-5-13-10(8-11)3-6-15(20-13)19-9-14-12(17)2-1-7-18-14/h1-8H,9H2,(H,19,20). The van der Waals surface area contributed by atoms with Crippen molar-refractivity contribution in [2.24, 2.45) is 0 Å². The van der Waals surface area contributed by atoms with E-state index >= 15 is 0 Å².